The van der Waals surface area contributed by atoms with E-state index in [9.17, 15) is 9.59 Å². The first-order valence-corrected chi connectivity index (χ1v) is 10.9. The number of nitrogens with zero attached hydrogens (tertiary/aromatic N) is 3. The SMILES string of the molecule is Cc1ccn(C(C)c2ccccc2)c(=O)c1C(=O)N1CCC(N2CCCC2)CC1. The molecule has 2 saturated heterocycles. The predicted molar refractivity (Wildman–Crippen MR) is 115 cm³/mol. The lowest BCUT2D eigenvalue weighted by Gasteiger charge is -2.36. The molecule has 2 aliphatic rings. The van der Waals surface area contributed by atoms with Crippen molar-refractivity contribution >= 4 is 5.91 Å². The van der Waals surface area contributed by atoms with Gasteiger partial charge in [0.25, 0.3) is 11.5 Å². The van der Waals surface area contributed by atoms with Gasteiger partial charge in [-0.15, -0.1) is 0 Å². The summed E-state index contributed by atoms with van der Waals surface area (Å²) in [4.78, 5) is 31.0. The Morgan fingerprint density at radius 3 is 2.31 bits per heavy atom. The highest BCUT2D eigenvalue weighted by Crippen LogP contribution is 2.23. The lowest BCUT2D eigenvalue weighted by atomic mass is 10.0. The molecule has 3 heterocycles. The lowest BCUT2D eigenvalue weighted by molar-refractivity contribution is 0.0641. The van der Waals surface area contributed by atoms with Crippen molar-refractivity contribution in [2.24, 2.45) is 0 Å². The van der Waals surface area contributed by atoms with Gasteiger partial charge in [0.05, 0.1) is 6.04 Å². The van der Waals surface area contributed by atoms with Crippen LogP contribution in [-0.2, 0) is 0 Å². The van der Waals surface area contributed by atoms with E-state index in [4.69, 9.17) is 0 Å². The monoisotopic (exact) mass is 393 g/mol. The van der Waals surface area contributed by atoms with Gasteiger partial charge in [-0.25, -0.2) is 0 Å². The summed E-state index contributed by atoms with van der Waals surface area (Å²) < 4.78 is 1.69. The molecule has 0 spiro atoms. The number of carbonyl (C=O) groups excluding carboxylic acids is 1. The molecule has 2 aliphatic heterocycles. The van der Waals surface area contributed by atoms with Crippen LogP contribution >= 0.6 is 0 Å². The largest absolute Gasteiger partial charge is 0.338 e. The van der Waals surface area contributed by atoms with E-state index in [-0.39, 0.29) is 17.5 Å². The Hall–Kier alpha value is -2.40. The summed E-state index contributed by atoms with van der Waals surface area (Å²) in [5.74, 6) is -0.109. The van der Waals surface area contributed by atoms with Crippen molar-refractivity contribution in [2.45, 2.75) is 51.6 Å². The molecule has 0 saturated carbocycles. The minimum absolute atomic E-state index is 0.109. The molecule has 2 aromatic rings. The van der Waals surface area contributed by atoms with Gasteiger partial charge in [-0.3, -0.25) is 9.59 Å². The van der Waals surface area contributed by atoms with Gasteiger partial charge < -0.3 is 14.4 Å². The fraction of sp³-hybridized carbons (Fsp3) is 0.500. The number of piperidine rings is 1. The first-order chi connectivity index (χ1) is 14.1. The zero-order valence-electron chi connectivity index (χ0n) is 17.5. The summed E-state index contributed by atoms with van der Waals surface area (Å²) >= 11 is 0. The molecule has 4 rings (SSSR count). The van der Waals surface area contributed by atoms with Crippen LogP contribution in [0.1, 0.15) is 60.1 Å². The van der Waals surface area contributed by atoms with E-state index in [2.05, 4.69) is 4.90 Å². The Kier molecular flexibility index (Phi) is 5.86. The smallest absolute Gasteiger partial charge is 0.264 e. The van der Waals surface area contributed by atoms with Crippen molar-refractivity contribution in [3.8, 4) is 0 Å². The molecule has 29 heavy (non-hydrogen) atoms. The van der Waals surface area contributed by atoms with Crippen molar-refractivity contribution in [3.63, 3.8) is 0 Å². The molecular formula is C24H31N3O2. The molecule has 0 N–H and O–H groups in total. The Balaban J connectivity index is 1.53. The Morgan fingerprint density at radius 2 is 1.66 bits per heavy atom. The Labute approximate surface area is 172 Å². The number of aromatic nitrogens is 1. The number of aryl methyl sites for hydroxylation is 1. The van der Waals surface area contributed by atoms with E-state index in [1.807, 2.05) is 61.3 Å². The Morgan fingerprint density at radius 1 is 1.00 bits per heavy atom. The van der Waals surface area contributed by atoms with Gasteiger partial charge in [-0.1, -0.05) is 30.3 Å². The molecule has 154 valence electrons. The van der Waals surface area contributed by atoms with Gasteiger partial charge in [0, 0.05) is 25.3 Å². The van der Waals surface area contributed by atoms with Gasteiger partial charge in [-0.2, -0.15) is 0 Å². The number of likely N-dealkylation sites (tertiary alicyclic amines) is 2. The van der Waals surface area contributed by atoms with E-state index in [1.54, 1.807) is 4.57 Å². The summed E-state index contributed by atoms with van der Waals surface area (Å²) in [6.07, 6.45) is 6.41. The molecule has 1 aromatic heterocycles. The molecule has 1 amide bonds. The quantitative estimate of drug-likeness (QED) is 0.799. The number of pyridine rings is 1. The molecule has 1 unspecified atom stereocenters. The van der Waals surface area contributed by atoms with Gasteiger partial charge in [0.15, 0.2) is 0 Å². The van der Waals surface area contributed by atoms with E-state index in [0.29, 0.717) is 11.6 Å². The topological polar surface area (TPSA) is 45.6 Å². The van der Waals surface area contributed by atoms with Gasteiger partial charge in [0.1, 0.15) is 5.56 Å². The van der Waals surface area contributed by atoms with Crippen LogP contribution in [0.15, 0.2) is 47.4 Å². The third-order valence-corrected chi connectivity index (χ3v) is 6.65. The maximum absolute atomic E-state index is 13.3. The van der Waals surface area contributed by atoms with E-state index in [1.165, 1.54) is 25.9 Å². The first kappa shape index (κ1) is 19.9. The summed E-state index contributed by atoms with van der Waals surface area (Å²) in [5.41, 5.74) is 1.96. The van der Waals surface area contributed by atoms with Crippen LogP contribution in [0.4, 0.5) is 0 Å². The van der Waals surface area contributed by atoms with Crippen LogP contribution in [0, 0.1) is 6.92 Å². The molecule has 5 nitrogen and oxygen atoms in total. The first-order valence-electron chi connectivity index (χ1n) is 10.9. The second-order valence-electron chi connectivity index (χ2n) is 8.44. The summed E-state index contributed by atoms with van der Waals surface area (Å²) in [5, 5.41) is 0. The second-order valence-corrected chi connectivity index (χ2v) is 8.44. The van der Waals surface area contributed by atoms with Crippen molar-refractivity contribution in [3.05, 3.63) is 69.6 Å². The van der Waals surface area contributed by atoms with Gasteiger partial charge >= 0.3 is 0 Å². The van der Waals surface area contributed by atoms with E-state index < -0.39 is 0 Å². The number of rotatable bonds is 4. The van der Waals surface area contributed by atoms with Crippen LogP contribution in [0.5, 0.6) is 0 Å². The zero-order chi connectivity index (χ0) is 20.4. The van der Waals surface area contributed by atoms with Gasteiger partial charge in [0.2, 0.25) is 0 Å². The van der Waals surface area contributed by atoms with Crippen LogP contribution in [0.25, 0.3) is 0 Å². The number of benzene rings is 1. The van der Waals surface area contributed by atoms with E-state index >= 15 is 0 Å². The normalized spacial score (nSPS) is 19.4. The van der Waals surface area contributed by atoms with Crippen LogP contribution < -0.4 is 5.56 Å². The summed E-state index contributed by atoms with van der Waals surface area (Å²) in [6, 6.07) is 12.3. The third kappa shape index (κ3) is 4.01. The second kappa shape index (κ2) is 8.54. The van der Waals surface area contributed by atoms with Crippen LogP contribution in [0.3, 0.4) is 0 Å². The molecule has 0 aliphatic carbocycles. The minimum Gasteiger partial charge on any atom is -0.338 e. The molecule has 1 aromatic carbocycles. The highest BCUT2D eigenvalue weighted by Gasteiger charge is 2.30. The molecule has 0 radical (unpaired) electrons. The molecule has 5 heteroatoms. The average Bonchev–Trinajstić information content (AvgIpc) is 3.29. The fourth-order valence-corrected chi connectivity index (χ4v) is 4.80. The lowest BCUT2D eigenvalue weighted by Crippen LogP contribution is -2.47. The van der Waals surface area contributed by atoms with Crippen molar-refractivity contribution in [1.29, 1.82) is 0 Å². The summed E-state index contributed by atoms with van der Waals surface area (Å²) in [6.45, 7) is 7.73. The fourth-order valence-electron chi connectivity index (χ4n) is 4.80. The Bertz CT molecular complexity index is 907. The standard InChI is InChI=1S/C24H31N3O2/c1-18-10-17-27(19(2)20-8-4-3-5-9-20)24(29)22(18)23(28)26-15-11-21(12-16-26)25-13-6-7-14-25/h3-5,8-10,17,19,21H,6-7,11-16H2,1-2H3. The van der Waals surface area contributed by atoms with Gasteiger partial charge in [-0.05, 0) is 69.8 Å². The number of amides is 1. The van der Waals surface area contributed by atoms with Crippen LogP contribution in [-0.4, -0.2) is 52.5 Å². The van der Waals surface area contributed by atoms with E-state index in [0.717, 1.165) is 37.1 Å². The van der Waals surface area contributed by atoms with Crippen molar-refractivity contribution in [1.82, 2.24) is 14.4 Å². The third-order valence-electron chi connectivity index (χ3n) is 6.65. The summed E-state index contributed by atoms with van der Waals surface area (Å²) in [7, 11) is 0. The zero-order valence-corrected chi connectivity index (χ0v) is 17.5. The molecule has 2 fully saturated rings. The molecule has 1 atom stereocenters. The van der Waals surface area contributed by atoms with Crippen molar-refractivity contribution < 1.29 is 4.79 Å². The maximum Gasteiger partial charge on any atom is 0.264 e. The number of carbonyl (C=O) groups is 1. The highest BCUT2D eigenvalue weighted by atomic mass is 16.2. The highest BCUT2D eigenvalue weighted by molar-refractivity contribution is 5.95. The maximum atomic E-state index is 13.3. The number of hydrogen-bond acceptors (Lipinski definition) is 3. The van der Waals surface area contributed by atoms with Crippen molar-refractivity contribution in [2.75, 3.05) is 26.2 Å². The predicted octanol–water partition coefficient (Wildman–Crippen LogP) is 3.47. The molecule has 0 bridgehead atoms. The number of hydrogen-bond donors (Lipinski definition) is 0. The van der Waals surface area contributed by atoms with Crippen LogP contribution in [0.2, 0.25) is 0 Å². The molecular weight excluding hydrogens is 362 g/mol. The minimum atomic E-state index is -0.187. The average molecular weight is 394 g/mol.